The van der Waals surface area contributed by atoms with Gasteiger partial charge in [-0.3, -0.25) is 4.79 Å². The number of ether oxygens (including phenoxy) is 1. The smallest absolute Gasteiger partial charge is 0.410 e. The average molecular weight is 296 g/mol. The van der Waals surface area contributed by atoms with Crippen molar-refractivity contribution >= 4 is 24.8 Å². The summed E-state index contributed by atoms with van der Waals surface area (Å²) in [5.74, 6) is -0.475. The van der Waals surface area contributed by atoms with Gasteiger partial charge in [0, 0.05) is 6.54 Å². The molecule has 1 unspecified atom stereocenters. The Hall–Kier alpha value is -2.05. The largest absolute Gasteiger partial charge is 0.444 e. The Balaban J connectivity index is 2.01. The number of halogens is 1. The molecule has 0 radical (unpaired) electrons. The van der Waals surface area contributed by atoms with Crippen molar-refractivity contribution in [3.8, 4) is 0 Å². The zero-order chi connectivity index (χ0) is 15.6. The minimum absolute atomic E-state index is 0.00210. The summed E-state index contributed by atoms with van der Waals surface area (Å²) in [6.07, 6.45) is 3.46. The van der Waals surface area contributed by atoms with Gasteiger partial charge in [0.25, 0.3) is 0 Å². The second kappa shape index (κ2) is 5.75. The Bertz CT molecular complexity index is 534. The number of hydrogen-bond donors (Lipinski definition) is 0. The molecule has 0 aromatic carbocycles. The first-order valence-electron chi connectivity index (χ1n) is 6.75. The normalized spacial score (nSPS) is 27.1. The van der Waals surface area contributed by atoms with Crippen molar-refractivity contribution in [2.75, 3.05) is 13.1 Å². The van der Waals surface area contributed by atoms with Crippen LogP contribution in [-0.2, 0) is 9.53 Å². The maximum absolute atomic E-state index is 14.0. The van der Waals surface area contributed by atoms with Crippen LogP contribution in [0.4, 0.5) is 9.18 Å². The van der Waals surface area contributed by atoms with Crippen LogP contribution in [0.3, 0.4) is 0 Å². The fraction of sp³-hybridized carbons (Fsp3) is 0.571. The van der Waals surface area contributed by atoms with Crippen LogP contribution in [-0.4, -0.2) is 59.3 Å². The summed E-state index contributed by atoms with van der Waals surface area (Å²) < 4.78 is 20.6. The number of hydrazone groups is 1. The van der Waals surface area contributed by atoms with Gasteiger partial charge in [-0.1, -0.05) is 4.68 Å². The predicted molar refractivity (Wildman–Crippen MR) is 75.2 cm³/mol. The van der Waals surface area contributed by atoms with Crippen molar-refractivity contribution in [1.29, 1.82) is 0 Å². The molecule has 0 aromatic rings. The lowest BCUT2D eigenvalue weighted by molar-refractivity contribution is -0.455. The molecule has 0 spiro atoms. The van der Waals surface area contributed by atoms with Gasteiger partial charge >= 0.3 is 6.09 Å². The van der Waals surface area contributed by atoms with Gasteiger partial charge in [0.15, 0.2) is 12.5 Å². The molecule has 1 amide bonds. The highest BCUT2D eigenvalue weighted by molar-refractivity contribution is 6.02. The Kier molecular flexibility index (Phi) is 4.20. The van der Waals surface area contributed by atoms with E-state index in [4.69, 9.17) is 4.74 Å². The third-order valence-electron chi connectivity index (χ3n) is 3.04. The molecule has 2 atom stereocenters. The summed E-state index contributed by atoms with van der Waals surface area (Å²) >= 11 is 0. The number of carbonyl (C=O) groups is 2. The van der Waals surface area contributed by atoms with Crippen molar-refractivity contribution in [2.24, 2.45) is 11.0 Å². The Morgan fingerprint density at radius 2 is 2.24 bits per heavy atom. The molecule has 7 heteroatoms. The number of likely N-dealkylation sites (tertiary alicyclic amines) is 1. The maximum Gasteiger partial charge on any atom is 0.410 e. The van der Waals surface area contributed by atoms with E-state index >= 15 is 0 Å². The Morgan fingerprint density at radius 3 is 2.81 bits per heavy atom. The van der Waals surface area contributed by atoms with Crippen LogP contribution < -0.4 is 0 Å². The summed E-state index contributed by atoms with van der Waals surface area (Å²) in [6, 6.07) is 0. The minimum atomic E-state index is -1.18. The van der Waals surface area contributed by atoms with Crippen LogP contribution in [0.5, 0.6) is 0 Å². The van der Waals surface area contributed by atoms with E-state index in [0.29, 0.717) is 11.9 Å². The lowest BCUT2D eigenvalue weighted by Crippen LogP contribution is -2.35. The summed E-state index contributed by atoms with van der Waals surface area (Å²) in [5, 5.41) is 3.94. The van der Waals surface area contributed by atoms with Crippen molar-refractivity contribution in [2.45, 2.75) is 32.5 Å². The molecule has 114 valence electrons. The Morgan fingerprint density at radius 1 is 1.52 bits per heavy atom. The van der Waals surface area contributed by atoms with Gasteiger partial charge < -0.3 is 9.64 Å². The van der Waals surface area contributed by atoms with E-state index in [0.717, 1.165) is 0 Å². The second-order valence-electron chi connectivity index (χ2n) is 6.09. The van der Waals surface area contributed by atoms with Crippen molar-refractivity contribution in [3.05, 3.63) is 11.8 Å². The fourth-order valence-electron chi connectivity index (χ4n) is 2.10. The van der Waals surface area contributed by atoms with Crippen molar-refractivity contribution in [3.63, 3.8) is 0 Å². The first-order chi connectivity index (χ1) is 9.78. The molecule has 0 aliphatic carbocycles. The molecule has 0 aromatic heterocycles. The van der Waals surface area contributed by atoms with Gasteiger partial charge in [0.1, 0.15) is 23.6 Å². The molecule has 0 bridgehead atoms. The molecule has 0 saturated carbocycles. The molecule has 6 nitrogen and oxygen atoms in total. The third kappa shape index (κ3) is 3.96. The number of nitrogens with zero attached hydrogens (tertiary/aromatic N) is 3. The highest BCUT2D eigenvalue weighted by Crippen LogP contribution is 2.21. The molecular weight excluding hydrogens is 277 g/mol. The third-order valence-corrected chi connectivity index (χ3v) is 3.04. The van der Waals surface area contributed by atoms with Crippen molar-refractivity contribution < 1.29 is 23.4 Å². The first kappa shape index (κ1) is 15.3. The van der Waals surface area contributed by atoms with Crippen LogP contribution in [0.25, 0.3) is 0 Å². The lowest BCUT2D eigenvalue weighted by atomic mass is 10.1. The van der Waals surface area contributed by atoms with Gasteiger partial charge in [0.05, 0.1) is 12.5 Å². The monoisotopic (exact) mass is 296 g/mol. The highest BCUT2D eigenvalue weighted by Gasteiger charge is 2.39. The first-order valence-corrected chi connectivity index (χ1v) is 6.75. The van der Waals surface area contributed by atoms with E-state index in [1.807, 2.05) is 0 Å². The van der Waals surface area contributed by atoms with Crippen LogP contribution >= 0.6 is 0 Å². The van der Waals surface area contributed by atoms with Gasteiger partial charge in [0.2, 0.25) is 6.20 Å². The van der Waals surface area contributed by atoms with E-state index in [1.54, 1.807) is 27.0 Å². The number of amides is 1. The topological polar surface area (TPSA) is 62.0 Å². The number of carbonyl (C=O) groups excluding carboxylic acids is 2. The molecule has 1 saturated heterocycles. The van der Waals surface area contributed by atoms with Crippen molar-refractivity contribution in [1.82, 2.24) is 4.90 Å². The van der Waals surface area contributed by atoms with E-state index in [2.05, 4.69) is 5.10 Å². The zero-order valence-corrected chi connectivity index (χ0v) is 12.3. The molecule has 1 fully saturated rings. The number of alkyl halides is 1. The molecule has 2 aliphatic heterocycles. The van der Waals surface area contributed by atoms with Gasteiger partial charge in [-0.25, -0.2) is 9.18 Å². The van der Waals surface area contributed by atoms with E-state index < -0.39 is 23.8 Å². The molecule has 21 heavy (non-hydrogen) atoms. The van der Waals surface area contributed by atoms with Gasteiger partial charge in [-0.2, -0.15) is 0 Å². The number of allylic oxidation sites excluding steroid dienone is 1. The van der Waals surface area contributed by atoms with Crippen LogP contribution in [0, 0.1) is 5.92 Å². The fourth-order valence-corrected chi connectivity index (χ4v) is 2.10. The SMILES string of the molecule is CC(C)(C)OC(=O)N1CC(/C=[N+]2/C=C(C=O)C=N2)[C@@H](F)C1. The molecule has 2 heterocycles. The standard InChI is InChI=1S/C14H19FN3O3/c1-14(2,3)21-13(20)17-6-11(12(15)8-17)7-18-5-10(9-19)4-16-18/h4-5,7,9,11-12H,6,8H2,1-3H3/q+1/b18-7-/t11?,12-/m0/s1. The predicted octanol–water partition coefficient (Wildman–Crippen LogP) is 1.36. The highest BCUT2D eigenvalue weighted by atomic mass is 19.1. The molecule has 2 rings (SSSR count). The van der Waals surface area contributed by atoms with Crippen LogP contribution in [0.2, 0.25) is 0 Å². The van der Waals surface area contributed by atoms with Gasteiger partial charge in [-0.05, 0) is 25.9 Å². The molecule has 0 N–H and O–H groups in total. The van der Waals surface area contributed by atoms with Crippen LogP contribution in [0.15, 0.2) is 16.9 Å². The second-order valence-corrected chi connectivity index (χ2v) is 6.09. The lowest BCUT2D eigenvalue weighted by Gasteiger charge is -2.24. The van der Waals surface area contributed by atoms with E-state index in [9.17, 15) is 14.0 Å². The zero-order valence-electron chi connectivity index (χ0n) is 12.3. The maximum atomic E-state index is 14.0. The van der Waals surface area contributed by atoms with E-state index in [-0.39, 0.29) is 13.1 Å². The number of hydrogen-bond acceptors (Lipinski definition) is 4. The van der Waals surface area contributed by atoms with Crippen LogP contribution in [0.1, 0.15) is 20.8 Å². The minimum Gasteiger partial charge on any atom is -0.444 e. The summed E-state index contributed by atoms with van der Waals surface area (Å²) in [4.78, 5) is 23.8. The molecule has 2 aliphatic rings. The summed E-state index contributed by atoms with van der Waals surface area (Å²) in [7, 11) is 0. The summed E-state index contributed by atoms with van der Waals surface area (Å²) in [5.41, 5.74) is -0.186. The van der Waals surface area contributed by atoms with Gasteiger partial charge in [-0.15, -0.1) is 0 Å². The summed E-state index contributed by atoms with van der Waals surface area (Å²) in [6.45, 7) is 5.52. The molecular formula is C14H19FN3O3+. The number of rotatable bonds is 2. The van der Waals surface area contributed by atoms with E-state index in [1.165, 1.54) is 22.0 Å². The average Bonchev–Trinajstić information content (AvgIpc) is 2.95. The Labute approximate surface area is 122 Å². The quantitative estimate of drug-likeness (QED) is 0.571. The number of aldehydes is 1.